The van der Waals surface area contributed by atoms with Gasteiger partial charge in [-0.2, -0.15) is 0 Å². The van der Waals surface area contributed by atoms with Gasteiger partial charge in [-0.1, -0.05) is 32.8 Å². The molecule has 1 aromatic carbocycles. The van der Waals surface area contributed by atoms with E-state index in [9.17, 15) is 0 Å². The van der Waals surface area contributed by atoms with Crippen molar-refractivity contribution in [2.75, 3.05) is 13.7 Å². The first-order valence-electron chi connectivity index (χ1n) is 10.2. The summed E-state index contributed by atoms with van der Waals surface area (Å²) in [6.07, 6.45) is 12.8. The highest BCUT2D eigenvalue weighted by Crippen LogP contribution is 2.58. The Morgan fingerprint density at radius 1 is 1.20 bits per heavy atom. The predicted octanol–water partition coefficient (Wildman–Crippen LogP) is 6.03. The van der Waals surface area contributed by atoms with Crippen molar-refractivity contribution in [3.05, 3.63) is 29.3 Å². The molecule has 0 N–H and O–H groups in total. The van der Waals surface area contributed by atoms with E-state index in [1.54, 1.807) is 12.7 Å². The van der Waals surface area contributed by atoms with E-state index in [0.717, 1.165) is 42.8 Å². The summed E-state index contributed by atoms with van der Waals surface area (Å²) < 4.78 is 11.7. The van der Waals surface area contributed by atoms with Crippen molar-refractivity contribution in [3.63, 3.8) is 0 Å². The summed E-state index contributed by atoms with van der Waals surface area (Å²) in [6, 6.07) is 4.51. The zero-order chi connectivity index (χ0) is 17.4. The van der Waals surface area contributed by atoms with Crippen LogP contribution < -0.4 is 9.47 Å². The first-order valence-corrected chi connectivity index (χ1v) is 10.2. The van der Waals surface area contributed by atoms with Crippen LogP contribution in [0.3, 0.4) is 0 Å². The molecule has 2 nitrogen and oxygen atoms in total. The molecule has 0 spiro atoms. The van der Waals surface area contributed by atoms with Gasteiger partial charge in [0.05, 0.1) is 13.7 Å². The number of ether oxygens (including phenoxy) is 2. The molecule has 2 heteroatoms. The molecule has 0 saturated heterocycles. The topological polar surface area (TPSA) is 18.5 Å². The van der Waals surface area contributed by atoms with Gasteiger partial charge < -0.3 is 9.47 Å². The van der Waals surface area contributed by atoms with Gasteiger partial charge in [-0.3, -0.25) is 0 Å². The Balaban J connectivity index is 1.69. The fourth-order valence-electron chi connectivity index (χ4n) is 5.57. The van der Waals surface area contributed by atoms with Crippen molar-refractivity contribution in [1.82, 2.24) is 0 Å². The summed E-state index contributed by atoms with van der Waals surface area (Å²) in [5.74, 6) is 3.46. The number of fused-ring (bicyclic) bond motifs is 5. The number of benzene rings is 1. The highest BCUT2D eigenvalue weighted by molar-refractivity contribution is 5.75. The van der Waals surface area contributed by atoms with Crippen LogP contribution >= 0.6 is 0 Å². The number of hydrogen-bond donors (Lipinski definition) is 0. The Bertz CT molecular complexity index is 675. The number of allylic oxidation sites excluding steroid dienone is 2. The maximum absolute atomic E-state index is 6.07. The van der Waals surface area contributed by atoms with E-state index in [1.807, 2.05) is 0 Å². The molecule has 0 bridgehead atoms. The molecule has 1 saturated carbocycles. The fraction of sp³-hybridized carbons (Fsp3) is 0.652. The quantitative estimate of drug-likeness (QED) is 0.609. The normalized spacial score (nSPS) is 30.1. The summed E-state index contributed by atoms with van der Waals surface area (Å²) >= 11 is 0. The minimum atomic E-state index is 0.554. The Hall–Kier alpha value is -1.44. The third-order valence-corrected chi connectivity index (χ3v) is 7.01. The number of hydrogen-bond acceptors (Lipinski definition) is 2. The average Bonchev–Trinajstić information content (AvgIpc) is 3.03. The molecule has 0 unspecified atom stereocenters. The molecule has 0 aromatic heterocycles. The third kappa shape index (κ3) is 2.88. The van der Waals surface area contributed by atoms with Crippen molar-refractivity contribution in [3.8, 4) is 11.5 Å². The Kier molecular flexibility index (Phi) is 4.56. The number of rotatable bonds is 5. The van der Waals surface area contributed by atoms with Gasteiger partial charge in [0.2, 0.25) is 0 Å². The van der Waals surface area contributed by atoms with Crippen molar-refractivity contribution in [2.45, 2.75) is 65.2 Å². The predicted molar refractivity (Wildman–Crippen MR) is 103 cm³/mol. The lowest BCUT2D eigenvalue weighted by atomic mass is 9.60. The summed E-state index contributed by atoms with van der Waals surface area (Å²) in [7, 11) is 1.75. The van der Waals surface area contributed by atoms with Crippen LogP contribution in [0, 0.1) is 17.3 Å². The Morgan fingerprint density at radius 2 is 2.08 bits per heavy atom. The summed E-state index contributed by atoms with van der Waals surface area (Å²) in [6.45, 7) is 5.50. The van der Waals surface area contributed by atoms with E-state index >= 15 is 0 Å². The van der Waals surface area contributed by atoms with Gasteiger partial charge in [-0.15, -0.1) is 0 Å². The summed E-state index contributed by atoms with van der Waals surface area (Å²) in [5.41, 5.74) is 5.05. The molecule has 1 aromatic rings. The Labute approximate surface area is 152 Å². The van der Waals surface area contributed by atoms with Crippen molar-refractivity contribution in [1.29, 1.82) is 0 Å². The molecule has 25 heavy (non-hydrogen) atoms. The number of methoxy groups -OCH3 is 1. The van der Waals surface area contributed by atoms with Gasteiger partial charge in [0.15, 0.2) is 11.5 Å². The van der Waals surface area contributed by atoms with Gasteiger partial charge in [0.1, 0.15) is 0 Å². The van der Waals surface area contributed by atoms with Gasteiger partial charge in [-0.05, 0) is 84.6 Å². The first kappa shape index (κ1) is 17.0. The molecule has 0 amide bonds. The smallest absolute Gasteiger partial charge is 0.161 e. The van der Waals surface area contributed by atoms with Crippen LogP contribution in [-0.2, 0) is 6.42 Å². The minimum absolute atomic E-state index is 0.554. The minimum Gasteiger partial charge on any atom is -0.493 e. The van der Waals surface area contributed by atoms with Crippen LogP contribution in [0.25, 0.3) is 5.57 Å². The van der Waals surface area contributed by atoms with E-state index in [4.69, 9.17) is 9.47 Å². The standard InChI is InChI=1S/C23H32O2/c1-4-5-13-25-22-15-19-16(14-21(22)24-3)8-9-18-17(19)10-12-23(2)11-6-7-20(18)23/h10,14-15,18,20H,4-9,11-13H2,1-3H3/t18-,20+,23+/m1/s1. The molecule has 0 aliphatic heterocycles. The molecular weight excluding hydrogens is 308 g/mol. The van der Waals surface area contributed by atoms with Crippen LogP contribution in [0.4, 0.5) is 0 Å². The molecule has 1 fully saturated rings. The van der Waals surface area contributed by atoms with Crippen LogP contribution in [0.15, 0.2) is 18.2 Å². The van der Waals surface area contributed by atoms with Gasteiger partial charge in [0.25, 0.3) is 0 Å². The zero-order valence-electron chi connectivity index (χ0n) is 16.1. The highest BCUT2D eigenvalue weighted by atomic mass is 16.5. The van der Waals surface area contributed by atoms with E-state index in [-0.39, 0.29) is 0 Å². The Morgan fingerprint density at radius 3 is 2.88 bits per heavy atom. The third-order valence-electron chi connectivity index (χ3n) is 7.01. The monoisotopic (exact) mass is 340 g/mol. The lowest BCUT2D eigenvalue weighted by Crippen LogP contribution is -2.34. The van der Waals surface area contributed by atoms with Gasteiger partial charge in [-0.25, -0.2) is 0 Å². The van der Waals surface area contributed by atoms with E-state index in [1.165, 1.54) is 49.7 Å². The molecule has 0 heterocycles. The molecule has 3 atom stereocenters. The maximum Gasteiger partial charge on any atom is 0.161 e. The lowest BCUT2D eigenvalue weighted by Gasteiger charge is -2.44. The fourth-order valence-corrected chi connectivity index (χ4v) is 5.57. The molecule has 4 rings (SSSR count). The second kappa shape index (κ2) is 6.70. The van der Waals surface area contributed by atoms with Gasteiger partial charge >= 0.3 is 0 Å². The summed E-state index contributed by atoms with van der Waals surface area (Å²) in [4.78, 5) is 0. The van der Waals surface area contributed by atoms with Crippen molar-refractivity contribution in [2.24, 2.45) is 17.3 Å². The van der Waals surface area contributed by atoms with Crippen LogP contribution in [0.1, 0.15) is 69.9 Å². The maximum atomic E-state index is 6.07. The number of unbranched alkanes of at least 4 members (excludes halogenated alkanes) is 1. The molecular formula is C23H32O2. The largest absolute Gasteiger partial charge is 0.493 e. The SMILES string of the molecule is CCCCOc1cc2c(cc1OC)CC[C@@H]1C2=CC[C@]2(C)CCC[C@@H]12. The van der Waals surface area contributed by atoms with E-state index in [0.29, 0.717) is 5.41 Å². The van der Waals surface area contributed by atoms with E-state index < -0.39 is 0 Å². The first-order chi connectivity index (χ1) is 12.2. The second-order valence-electron chi connectivity index (χ2n) is 8.52. The number of aryl methyl sites for hydroxylation is 1. The average molecular weight is 341 g/mol. The molecule has 3 aliphatic carbocycles. The van der Waals surface area contributed by atoms with Crippen LogP contribution in [0.5, 0.6) is 11.5 Å². The molecule has 3 aliphatic rings. The van der Waals surface area contributed by atoms with Crippen LogP contribution in [0.2, 0.25) is 0 Å². The summed E-state index contributed by atoms with van der Waals surface area (Å²) in [5, 5.41) is 0. The van der Waals surface area contributed by atoms with E-state index in [2.05, 4.69) is 32.1 Å². The highest BCUT2D eigenvalue weighted by Gasteiger charge is 2.47. The van der Waals surface area contributed by atoms with Crippen molar-refractivity contribution >= 4 is 5.57 Å². The zero-order valence-corrected chi connectivity index (χ0v) is 16.1. The van der Waals surface area contributed by atoms with Crippen LogP contribution in [-0.4, -0.2) is 13.7 Å². The van der Waals surface area contributed by atoms with Crippen molar-refractivity contribution < 1.29 is 9.47 Å². The molecule has 0 radical (unpaired) electrons. The second-order valence-corrected chi connectivity index (χ2v) is 8.52. The lowest BCUT2D eigenvalue weighted by molar-refractivity contribution is 0.168. The van der Waals surface area contributed by atoms with Gasteiger partial charge in [0, 0.05) is 0 Å². The molecule has 136 valence electrons.